The molecule has 1 aliphatic heterocycles. The van der Waals surface area contributed by atoms with Crippen molar-refractivity contribution in [3.8, 4) is 0 Å². The maximum absolute atomic E-state index is 12.4. The van der Waals surface area contributed by atoms with Crippen LogP contribution in [0.25, 0.3) is 0 Å². The average Bonchev–Trinajstić information content (AvgIpc) is 2.93. The van der Waals surface area contributed by atoms with Gasteiger partial charge in [0.25, 0.3) is 0 Å². The Morgan fingerprint density at radius 2 is 1.17 bits per heavy atom. The molecule has 1 spiro atoms. The number of rotatable bonds is 2. The monoisotopic (exact) mass is 328 g/mol. The summed E-state index contributed by atoms with van der Waals surface area (Å²) in [5.74, 6) is -2.03. The van der Waals surface area contributed by atoms with Gasteiger partial charge in [-0.15, -0.1) is 0 Å². The molecule has 1 aliphatic carbocycles. The first kappa shape index (κ1) is 18.2. The first-order valence-corrected chi connectivity index (χ1v) is 8.22. The zero-order valence-corrected chi connectivity index (χ0v) is 14.9. The molecule has 2 atom stereocenters. The summed E-state index contributed by atoms with van der Waals surface area (Å²) in [6.07, 6.45) is 1.07. The molecule has 0 aromatic rings. The Labute approximate surface area is 137 Å². The summed E-state index contributed by atoms with van der Waals surface area (Å²) in [6.45, 7) is 10.6. The van der Waals surface area contributed by atoms with Crippen molar-refractivity contribution in [3.05, 3.63) is 0 Å². The summed E-state index contributed by atoms with van der Waals surface area (Å²) in [7, 11) is 0. The molecule has 2 rings (SSSR count). The molecule has 0 aromatic heterocycles. The van der Waals surface area contributed by atoms with Gasteiger partial charge in [0.2, 0.25) is 0 Å². The zero-order valence-electron chi connectivity index (χ0n) is 14.9. The minimum Gasteiger partial charge on any atom is -0.458 e. The molecule has 2 aliphatic rings. The molecule has 0 radical (unpaired) electrons. The van der Waals surface area contributed by atoms with Gasteiger partial charge in [-0.25, -0.2) is 9.59 Å². The molecule has 23 heavy (non-hydrogen) atoms. The van der Waals surface area contributed by atoms with Crippen molar-refractivity contribution < 1.29 is 28.5 Å². The average molecular weight is 328 g/mol. The van der Waals surface area contributed by atoms with Crippen molar-refractivity contribution in [2.24, 2.45) is 0 Å². The first-order chi connectivity index (χ1) is 10.4. The highest BCUT2D eigenvalue weighted by Gasteiger charge is 2.56. The Balaban J connectivity index is 2.17. The van der Waals surface area contributed by atoms with E-state index in [1.165, 1.54) is 0 Å². The van der Waals surface area contributed by atoms with Crippen molar-refractivity contribution >= 4 is 11.9 Å². The van der Waals surface area contributed by atoms with Crippen LogP contribution in [-0.2, 0) is 28.5 Å². The van der Waals surface area contributed by atoms with Crippen LogP contribution in [0.1, 0.15) is 67.2 Å². The molecule has 1 saturated carbocycles. The fraction of sp³-hybridized carbons (Fsp3) is 0.882. The molecule has 1 saturated heterocycles. The maximum atomic E-state index is 12.4. The van der Waals surface area contributed by atoms with Crippen LogP contribution in [0, 0.1) is 0 Å². The fourth-order valence-electron chi connectivity index (χ4n) is 2.83. The van der Waals surface area contributed by atoms with Gasteiger partial charge in [-0.05, 0) is 54.4 Å². The van der Waals surface area contributed by atoms with Gasteiger partial charge in [0, 0.05) is 12.8 Å². The largest absolute Gasteiger partial charge is 0.458 e. The van der Waals surface area contributed by atoms with Crippen LogP contribution in [0.15, 0.2) is 0 Å². The molecule has 0 N–H and O–H groups in total. The van der Waals surface area contributed by atoms with E-state index < -0.39 is 41.1 Å². The summed E-state index contributed by atoms with van der Waals surface area (Å²) in [4.78, 5) is 24.9. The molecule has 6 heteroatoms. The van der Waals surface area contributed by atoms with E-state index in [1.807, 2.05) is 0 Å². The lowest BCUT2D eigenvalue weighted by molar-refractivity contribution is -0.191. The second-order valence-corrected chi connectivity index (χ2v) is 8.26. The third-order valence-electron chi connectivity index (χ3n) is 3.60. The summed E-state index contributed by atoms with van der Waals surface area (Å²) < 4.78 is 22.5. The Hall–Kier alpha value is -1.14. The standard InChI is InChI=1S/C17H28O6/c1-15(2,3)22-13(18)11-12(14(19)23-16(4,5)6)21-17(20-11)9-7-8-10-17/h11-12H,7-10H2,1-6H3. The highest BCUT2D eigenvalue weighted by molar-refractivity contribution is 5.86. The van der Waals surface area contributed by atoms with E-state index in [9.17, 15) is 9.59 Å². The minimum absolute atomic E-state index is 0.586. The van der Waals surface area contributed by atoms with Gasteiger partial charge < -0.3 is 18.9 Å². The van der Waals surface area contributed by atoms with Gasteiger partial charge in [0.05, 0.1) is 0 Å². The van der Waals surface area contributed by atoms with Gasteiger partial charge in [-0.3, -0.25) is 0 Å². The highest BCUT2D eigenvalue weighted by atomic mass is 16.8. The fourth-order valence-corrected chi connectivity index (χ4v) is 2.83. The predicted molar refractivity (Wildman–Crippen MR) is 82.6 cm³/mol. The third kappa shape index (κ3) is 4.67. The molecule has 0 amide bonds. The Morgan fingerprint density at radius 1 is 0.826 bits per heavy atom. The van der Waals surface area contributed by atoms with Crippen molar-refractivity contribution in [1.82, 2.24) is 0 Å². The predicted octanol–water partition coefficient (Wildman–Crippen LogP) is 2.72. The normalized spacial score (nSPS) is 27.2. The molecule has 0 bridgehead atoms. The van der Waals surface area contributed by atoms with Crippen LogP contribution in [0.4, 0.5) is 0 Å². The van der Waals surface area contributed by atoms with E-state index in [2.05, 4.69) is 0 Å². The number of esters is 2. The quantitative estimate of drug-likeness (QED) is 0.726. The van der Waals surface area contributed by atoms with E-state index in [1.54, 1.807) is 41.5 Å². The molecule has 0 aromatic carbocycles. The Bertz CT molecular complexity index is 426. The van der Waals surface area contributed by atoms with Crippen LogP contribution < -0.4 is 0 Å². The van der Waals surface area contributed by atoms with Crippen LogP contribution in [-0.4, -0.2) is 41.1 Å². The lowest BCUT2D eigenvalue weighted by Gasteiger charge is -2.25. The summed E-state index contributed by atoms with van der Waals surface area (Å²) in [6, 6.07) is 0. The minimum atomic E-state index is -1.08. The molecule has 2 fully saturated rings. The van der Waals surface area contributed by atoms with Crippen LogP contribution >= 0.6 is 0 Å². The van der Waals surface area contributed by atoms with Crippen molar-refractivity contribution in [2.45, 2.75) is 96.4 Å². The van der Waals surface area contributed by atoms with E-state index in [0.717, 1.165) is 12.8 Å². The second kappa shape index (κ2) is 6.06. The highest BCUT2D eigenvalue weighted by Crippen LogP contribution is 2.43. The van der Waals surface area contributed by atoms with Crippen molar-refractivity contribution in [1.29, 1.82) is 0 Å². The molecular formula is C17H28O6. The lowest BCUT2D eigenvalue weighted by Crippen LogP contribution is -2.43. The number of ether oxygens (including phenoxy) is 4. The van der Waals surface area contributed by atoms with Gasteiger partial charge in [-0.1, -0.05) is 0 Å². The van der Waals surface area contributed by atoms with E-state index in [-0.39, 0.29) is 0 Å². The van der Waals surface area contributed by atoms with Gasteiger partial charge >= 0.3 is 11.9 Å². The van der Waals surface area contributed by atoms with E-state index in [0.29, 0.717) is 12.8 Å². The van der Waals surface area contributed by atoms with Crippen molar-refractivity contribution in [2.75, 3.05) is 0 Å². The molecule has 6 nitrogen and oxygen atoms in total. The number of hydrogen-bond acceptors (Lipinski definition) is 6. The second-order valence-electron chi connectivity index (χ2n) is 8.26. The first-order valence-electron chi connectivity index (χ1n) is 8.22. The summed E-state index contributed by atoms with van der Waals surface area (Å²) in [5.41, 5.74) is -1.32. The molecule has 1 heterocycles. The lowest BCUT2D eigenvalue weighted by atomic mass is 10.1. The summed E-state index contributed by atoms with van der Waals surface area (Å²) >= 11 is 0. The number of carbonyl (C=O) groups excluding carboxylic acids is 2. The smallest absolute Gasteiger partial charge is 0.339 e. The van der Waals surface area contributed by atoms with E-state index >= 15 is 0 Å². The van der Waals surface area contributed by atoms with Gasteiger partial charge in [-0.2, -0.15) is 0 Å². The number of carbonyl (C=O) groups is 2. The van der Waals surface area contributed by atoms with Crippen LogP contribution in [0.3, 0.4) is 0 Å². The van der Waals surface area contributed by atoms with E-state index in [4.69, 9.17) is 18.9 Å². The van der Waals surface area contributed by atoms with Crippen LogP contribution in [0.2, 0.25) is 0 Å². The van der Waals surface area contributed by atoms with Gasteiger partial charge in [0.1, 0.15) is 11.2 Å². The Kier molecular flexibility index (Phi) is 4.79. The third-order valence-corrected chi connectivity index (χ3v) is 3.60. The Morgan fingerprint density at radius 3 is 1.48 bits per heavy atom. The maximum Gasteiger partial charge on any atom is 0.339 e. The summed E-state index contributed by atoms with van der Waals surface area (Å²) in [5, 5.41) is 0. The van der Waals surface area contributed by atoms with Crippen molar-refractivity contribution in [3.63, 3.8) is 0 Å². The molecule has 132 valence electrons. The van der Waals surface area contributed by atoms with Crippen LogP contribution in [0.5, 0.6) is 0 Å². The number of hydrogen-bond donors (Lipinski definition) is 0. The van der Waals surface area contributed by atoms with Gasteiger partial charge in [0.15, 0.2) is 18.0 Å². The zero-order chi connectivity index (χ0) is 17.5. The SMILES string of the molecule is CC(C)(C)OC(=O)C1OC2(CCCC2)OC1C(=O)OC(C)(C)C. The molecular weight excluding hydrogens is 300 g/mol. The molecule has 2 unspecified atom stereocenters. The topological polar surface area (TPSA) is 71.1 Å².